The van der Waals surface area contributed by atoms with Crippen LogP contribution in [0.5, 0.6) is 0 Å². The van der Waals surface area contributed by atoms with Crippen molar-refractivity contribution in [3.8, 4) is 0 Å². The van der Waals surface area contributed by atoms with Crippen LogP contribution in [0.1, 0.15) is 15.9 Å². The number of rotatable bonds is 6. The van der Waals surface area contributed by atoms with Crippen LogP contribution in [0.25, 0.3) is 0 Å². The molecule has 7 heteroatoms. The quantitative estimate of drug-likeness (QED) is 0.310. The first kappa shape index (κ1) is 15.1. The van der Waals surface area contributed by atoms with E-state index in [2.05, 4.69) is 15.8 Å². The molecule has 6 nitrogen and oxygen atoms in total. The van der Waals surface area contributed by atoms with Gasteiger partial charge < -0.3 is 15.2 Å². The molecule has 0 aliphatic carbocycles. The highest BCUT2D eigenvalue weighted by Crippen LogP contribution is 2.05. The van der Waals surface area contributed by atoms with Crippen LogP contribution >= 0.6 is 12.2 Å². The number of thiocarbonyl (C=S) groups is 1. The van der Waals surface area contributed by atoms with Gasteiger partial charge in [-0.3, -0.25) is 5.43 Å². The summed E-state index contributed by atoms with van der Waals surface area (Å²) in [7, 11) is 1.60. The molecule has 1 aromatic rings. The van der Waals surface area contributed by atoms with E-state index in [1.165, 1.54) is 12.3 Å². The Balaban J connectivity index is 2.53. The lowest BCUT2D eigenvalue weighted by Crippen LogP contribution is -2.34. The van der Waals surface area contributed by atoms with Crippen LogP contribution in [-0.4, -0.2) is 42.7 Å². The van der Waals surface area contributed by atoms with Gasteiger partial charge in [-0.1, -0.05) is 18.2 Å². The van der Waals surface area contributed by atoms with Crippen LogP contribution in [-0.2, 0) is 4.74 Å². The van der Waals surface area contributed by atoms with E-state index in [4.69, 9.17) is 22.1 Å². The molecule has 0 saturated heterocycles. The molecule has 0 atom stereocenters. The highest BCUT2D eigenvalue weighted by molar-refractivity contribution is 7.80. The van der Waals surface area contributed by atoms with E-state index in [1.807, 2.05) is 0 Å². The van der Waals surface area contributed by atoms with E-state index in [1.54, 1.807) is 25.3 Å². The molecule has 1 rings (SSSR count). The zero-order valence-corrected chi connectivity index (χ0v) is 11.2. The molecule has 102 valence electrons. The van der Waals surface area contributed by atoms with Crippen molar-refractivity contribution < 1.29 is 14.6 Å². The summed E-state index contributed by atoms with van der Waals surface area (Å²) in [6.07, 6.45) is 1.41. The maximum Gasteiger partial charge on any atom is 0.336 e. The fraction of sp³-hybridized carbons (Fsp3) is 0.250. The Kier molecular flexibility index (Phi) is 6.48. The second-order valence-corrected chi connectivity index (χ2v) is 3.92. The Hall–Kier alpha value is -1.99. The van der Waals surface area contributed by atoms with Gasteiger partial charge in [0.15, 0.2) is 5.11 Å². The van der Waals surface area contributed by atoms with Crippen LogP contribution in [0.15, 0.2) is 29.4 Å². The van der Waals surface area contributed by atoms with Crippen LogP contribution < -0.4 is 10.7 Å². The topological polar surface area (TPSA) is 83.0 Å². The summed E-state index contributed by atoms with van der Waals surface area (Å²) in [5.41, 5.74) is 3.29. The fourth-order valence-electron chi connectivity index (χ4n) is 1.27. The van der Waals surface area contributed by atoms with Gasteiger partial charge in [-0.25, -0.2) is 4.79 Å². The van der Waals surface area contributed by atoms with Crippen molar-refractivity contribution in [2.24, 2.45) is 5.10 Å². The Morgan fingerprint density at radius 2 is 2.26 bits per heavy atom. The number of nitrogens with one attached hydrogen (secondary N) is 2. The molecule has 3 N–H and O–H groups in total. The van der Waals surface area contributed by atoms with Gasteiger partial charge in [0.05, 0.1) is 18.4 Å². The molecule has 0 aromatic heterocycles. The third kappa shape index (κ3) is 5.45. The maximum atomic E-state index is 11.0. The molecule has 0 saturated carbocycles. The van der Waals surface area contributed by atoms with E-state index in [-0.39, 0.29) is 5.56 Å². The SMILES string of the molecule is COCCNC(=S)N/N=C\c1ccccc1C(=O)O. The number of carboxylic acids is 1. The van der Waals surface area contributed by atoms with Gasteiger partial charge in [0.2, 0.25) is 0 Å². The van der Waals surface area contributed by atoms with Crippen LogP contribution in [0.2, 0.25) is 0 Å². The number of hydrazone groups is 1. The fourth-order valence-corrected chi connectivity index (χ4v) is 1.43. The normalized spacial score (nSPS) is 10.4. The zero-order valence-electron chi connectivity index (χ0n) is 10.4. The van der Waals surface area contributed by atoms with Gasteiger partial charge >= 0.3 is 5.97 Å². The molecule has 19 heavy (non-hydrogen) atoms. The molecule has 0 heterocycles. The number of carbonyl (C=O) groups is 1. The maximum absolute atomic E-state index is 11.0. The second kappa shape index (κ2) is 8.17. The Morgan fingerprint density at radius 3 is 2.95 bits per heavy atom. The monoisotopic (exact) mass is 281 g/mol. The Bertz CT molecular complexity index is 477. The molecule has 0 unspecified atom stereocenters. The molecule has 0 aliphatic heterocycles. The number of hydrogen-bond donors (Lipinski definition) is 3. The lowest BCUT2D eigenvalue weighted by atomic mass is 10.1. The average Bonchev–Trinajstić information content (AvgIpc) is 2.39. The third-order valence-corrected chi connectivity index (χ3v) is 2.39. The summed E-state index contributed by atoms with van der Waals surface area (Å²) in [6, 6.07) is 6.57. The summed E-state index contributed by atoms with van der Waals surface area (Å²) in [5, 5.41) is 16.1. The smallest absolute Gasteiger partial charge is 0.336 e. The van der Waals surface area contributed by atoms with E-state index in [0.717, 1.165) is 0 Å². The number of aromatic carboxylic acids is 1. The first-order chi connectivity index (χ1) is 9.15. The van der Waals surface area contributed by atoms with E-state index < -0.39 is 5.97 Å². The van der Waals surface area contributed by atoms with Crippen LogP contribution in [0, 0.1) is 0 Å². The lowest BCUT2D eigenvalue weighted by molar-refractivity contribution is 0.0697. The summed E-state index contributed by atoms with van der Waals surface area (Å²) < 4.78 is 4.85. The number of nitrogens with zero attached hydrogens (tertiary/aromatic N) is 1. The molecule has 0 fully saturated rings. The highest BCUT2D eigenvalue weighted by atomic mass is 32.1. The zero-order chi connectivity index (χ0) is 14.1. The van der Waals surface area contributed by atoms with Gasteiger partial charge in [-0.15, -0.1) is 0 Å². The summed E-state index contributed by atoms with van der Waals surface area (Å²) >= 11 is 4.96. The number of methoxy groups -OCH3 is 1. The molecule has 0 aliphatic rings. The highest BCUT2D eigenvalue weighted by Gasteiger charge is 2.06. The van der Waals surface area contributed by atoms with E-state index in [9.17, 15) is 4.79 Å². The van der Waals surface area contributed by atoms with Crippen molar-refractivity contribution in [2.75, 3.05) is 20.3 Å². The van der Waals surface area contributed by atoms with Gasteiger partial charge in [0.25, 0.3) is 0 Å². The van der Waals surface area contributed by atoms with Crippen molar-refractivity contribution in [3.05, 3.63) is 35.4 Å². The molecule has 1 aromatic carbocycles. The van der Waals surface area contributed by atoms with Gasteiger partial charge in [0.1, 0.15) is 0 Å². The average molecular weight is 281 g/mol. The van der Waals surface area contributed by atoms with E-state index >= 15 is 0 Å². The second-order valence-electron chi connectivity index (χ2n) is 3.51. The molecule has 0 radical (unpaired) electrons. The molecular formula is C12H15N3O3S. The van der Waals surface area contributed by atoms with Crippen molar-refractivity contribution in [3.63, 3.8) is 0 Å². The summed E-state index contributed by atoms with van der Waals surface area (Å²) in [4.78, 5) is 11.0. The summed E-state index contributed by atoms with van der Waals surface area (Å²) in [5.74, 6) is -0.997. The van der Waals surface area contributed by atoms with Crippen molar-refractivity contribution in [2.45, 2.75) is 0 Å². The molecule has 0 bridgehead atoms. The van der Waals surface area contributed by atoms with Crippen molar-refractivity contribution >= 4 is 29.5 Å². The largest absolute Gasteiger partial charge is 0.478 e. The first-order valence-corrected chi connectivity index (χ1v) is 5.94. The first-order valence-electron chi connectivity index (χ1n) is 5.53. The van der Waals surface area contributed by atoms with Crippen LogP contribution in [0.3, 0.4) is 0 Å². The van der Waals surface area contributed by atoms with E-state index in [0.29, 0.717) is 23.8 Å². The lowest BCUT2D eigenvalue weighted by Gasteiger charge is -2.05. The summed E-state index contributed by atoms with van der Waals surface area (Å²) in [6.45, 7) is 1.11. The number of carboxylic acid groups (broad SMARTS) is 1. The molecular weight excluding hydrogens is 266 g/mol. The Labute approximate surface area is 116 Å². The van der Waals surface area contributed by atoms with Gasteiger partial charge in [0, 0.05) is 19.2 Å². The minimum absolute atomic E-state index is 0.186. The van der Waals surface area contributed by atoms with Crippen LogP contribution in [0.4, 0.5) is 0 Å². The van der Waals surface area contributed by atoms with Crippen molar-refractivity contribution in [1.29, 1.82) is 0 Å². The third-order valence-electron chi connectivity index (χ3n) is 2.15. The predicted molar refractivity (Wildman–Crippen MR) is 76.6 cm³/mol. The molecule has 0 amide bonds. The van der Waals surface area contributed by atoms with Gasteiger partial charge in [-0.2, -0.15) is 5.10 Å². The minimum Gasteiger partial charge on any atom is -0.478 e. The van der Waals surface area contributed by atoms with Crippen molar-refractivity contribution in [1.82, 2.24) is 10.7 Å². The minimum atomic E-state index is -0.997. The Morgan fingerprint density at radius 1 is 1.53 bits per heavy atom. The standard InChI is InChI=1S/C12H15N3O3S/c1-18-7-6-13-12(19)15-14-8-9-4-2-3-5-10(9)11(16)17/h2-5,8H,6-7H2,1H3,(H,16,17)(H2,13,15,19)/b14-8-. The molecule has 0 spiro atoms. The predicted octanol–water partition coefficient (Wildman–Crippen LogP) is 0.829. The van der Waals surface area contributed by atoms with Gasteiger partial charge in [-0.05, 0) is 18.3 Å². The number of ether oxygens (including phenoxy) is 1. The number of benzene rings is 1. The number of hydrogen-bond acceptors (Lipinski definition) is 4.